The molecular formula is C36H28F10N2O5. The van der Waals surface area contributed by atoms with E-state index in [1.54, 1.807) is 0 Å². The van der Waals surface area contributed by atoms with Gasteiger partial charge in [-0.2, -0.15) is 39.5 Å². The molecule has 2 aromatic carbocycles. The number of halogens is 10. The van der Waals surface area contributed by atoms with E-state index in [2.05, 4.69) is 11.6 Å². The molecule has 0 unspecified atom stereocenters. The number of pyridine rings is 1. The van der Waals surface area contributed by atoms with E-state index in [0.717, 1.165) is 17.0 Å². The van der Waals surface area contributed by atoms with Gasteiger partial charge in [0, 0.05) is 28.3 Å². The summed E-state index contributed by atoms with van der Waals surface area (Å²) >= 11 is 0. The first-order valence-corrected chi connectivity index (χ1v) is 15.5. The number of rotatable bonds is 9. The lowest BCUT2D eigenvalue weighted by Crippen LogP contribution is -2.39. The molecule has 17 heteroatoms. The Kier molecular flexibility index (Phi) is 9.95. The number of amides is 1. The van der Waals surface area contributed by atoms with Gasteiger partial charge >= 0.3 is 30.6 Å². The van der Waals surface area contributed by atoms with Crippen LogP contribution in [0.4, 0.5) is 48.7 Å². The van der Waals surface area contributed by atoms with E-state index in [0.29, 0.717) is 24.6 Å². The summed E-state index contributed by atoms with van der Waals surface area (Å²) in [5, 5.41) is 9.34. The fraction of sp³-hybridized carbons (Fsp3) is 0.306. The van der Waals surface area contributed by atoms with Crippen LogP contribution in [0.25, 0.3) is 22.3 Å². The number of carbonyl (C=O) groups is 2. The lowest BCUT2D eigenvalue weighted by atomic mass is 9.93. The van der Waals surface area contributed by atoms with Gasteiger partial charge in [-0.05, 0) is 79.8 Å². The number of benzene rings is 2. The summed E-state index contributed by atoms with van der Waals surface area (Å²) in [5.41, 5.74) is -6.62. The predicted molar refractivity (Wildman–Crippen MR) is 169 cm³/mol. The first-order chi connectivity index (χ1) is 24.5. The number of allylic oxidation sites excluding steroid dienone is 3. The van der Waals surface area contributed by atoms with Crippen molar-refractivity contribution in [2.45, 2.75) is 63.4 Å². The molecule has 2 aliphatic rings. The first-order valence-electron chi connectivity index (χ1n) is 15.5. The van der Waals surface area contributed by atoms with E-state index in [1.165, 1.54) is 38.3 Å². The van der Waals surface area contributed by atoms with Crippen molar-refractivity contribution in [2.75, 3.05) is 7.11 Å². The van der Waals surface area contributed by atoms with Crippen LogP contribution >= 0.6 is 0 Å². The zero-order valence-electron chi connectivity index (χ0n) is 27.9. The normalized spacial score (nSPS) is 17.6. The first kappa shape index (κ1) is 38.9. The van der Waals surface area contributed by atoms with Crippen LogP contribution in [-0.2, 0) is 17.5 Å². The van der Waals surface area contributed by atoms with Crippen LogP contribution in [0.3, 0.4) is 0 Å². The lowest BCUT2D eigenvalue weighted by Gasteiger charge is -2.26. The zero-order chi connectivity index (χ0) is 39.4. The molecule has 1 aliphatic heterocycles. The van der Waals surface area contributed by atoms with Crippen molar-refractivity contribution in [3.05, 3.63) is 106 Å². The quantitative estimate of drug-likeness (QED) is 0.173. The van der Waals surface area contributed by atoms with Crippen LogP contribution in [-0.4, -0.2) is 58.2 Å². The molecule has 1 aromatic heterocycles. The summed E-state index contributed by atoms with van der Waals surface area (Å²) in [7, 11) is 1.17. The minimum atomic E-state index is -5.27. The topological polar surface area (TPSA) is 89.0 Å². The molecule has 1 spiro atoms. The molecule has 0 radical (unpaired) electrons. The second-order valence-electron chi connectivity index (χ2n) is 12.5. The summed E-state index contributed by atoms with van der Waals surface area (Å²) in [5.74, 6) is -2.22. The van der Waals surface area contributed by atoms with Gasteiger partial charge in [0.15, 0.2) is 6.10 Å². The third-order valence-electron chi connectivity index (χ3n) is 8.97. The van der Waals surface area contributed by atoms with E-state index in [4.69, 9.17) is 9.47 Å². The molecule has 7 nitrogen and oxygen atoms in total. The maximum Gasteiger partial charge on any atom is 0.433 e. The van der Waals surface area contributed by atoms with Crippen molar-refractivity contribution in [1.29, 1.82) is 0 Å². The van der Waals surface area contributed by atoms with Crippen molar-refractivity contribution < 1.29 is 68.1 Å². The number of cyclic esters (lactones) is 1. The van der Waals surface area contributed by atoms with Gasteiger partial charge in [-0.1, -0.05) is 18.7 Å². The molecule has 1 amide bonds. The second kappa shape index (κ2) is 13.6. The highest BCUT2D eigenvalue weighted by molar-refractivity contribution is 5.89. The fourth-order valence-corrected chi connectivity index (χ4v) is 6.11. The average Bonchev–Trinajstić information content (AvgIpc) is 3.80. The molecule has 1 saturated carbocycles. The smallest absolute Gasteiger partial charge is 0.433 e. The standard InChI is InChI=1S/C36H28F10N2O5/c1-17-11-20(31(49)50)5-6-22(17)24-14-25(28(52-4)15-26(24)37)23-7-8-29(36(44,45)46)47-27(23)16-48-32(51)53-30(33(48)9-10-33)18(2)12-21(35(41,42)43)13-19(3)34(38,39)40/h5-8,11-15,30H,2,9-10,16H2,1,3-4H3,(H,49,50)/b19-13+,21-12+/t30-/m1/s1. The Morgan fingerprint density at radius 1 is 0.981 bits per heavy atom. The van der Waals surface area contributed by atoms with Crippen LogP contribution in [0.2, 0.25) is 0 Å². The molecule has 3 aromatic rings. The van der Waals surface area contributed by atoms with Gasteiger partial charge in [-0.15, -0.1) is 0 Å². The number of nitrogens with zero attached hydrogens (tertiary/aromatic N) is 2. The van der Waals surface area contributed by atoms with Crippen molar-refractivity contribution in [2.24, 2.45) is 0 Å². The summed E-state index contributed by atoms with van der Waals surface area (Å²) in [6, 6.07) is 7.77. The monoisotopic (exact) mass is 758 g/mol. The number of methoxy groups -OCH3 is 1. The van der Waals surface area contributed by atoms with Crippen molar-refractivity contribution in [3.63, 3.8) is 0 Å². The molecule has 282 valence electrons. The minimum Gasteiger partial charge on any atom is -0.496 e. The Hall–Kier alpha value is -5.35. The second-order valence-corrected chi connectivity index (χ2v) is 12.5. The zero-order valence-corrected chi connectivity index (χ0v) is 27.9. The lowest BCUT2D eigenvalue weighted by molar-refractivity contribution is -0.141. The van der Waals surface area contributed by atoms with Crippen LogP contribution < -0.4 is 4.74 Å². The molecule has 2 heterocycles. The molecule has 1 atom stereocenters. The number of ether oxygens (including phenoxy) is 2. The Morgan fingerprint density at radius 2 is 1.62 bits per heavy atom. The number of carbonyl (C=O) groups excluding carboxylic acids is 1. The Bertz CT molecular complexity index is 2060. The number of aryl methyl sites for hydroxylation is 1. The number of carboxylic acid groups (broad SMARTS) is 1. The molecule has 1 N–H and O–H groups in total. The fourth-order valence-electron chi connectivity index (χ4n) is 6.11. The number of alkyl halides is 9. The van der Waals surface area contributed by atoms with Gasteiger partial charge in [0.1, 0.15) is 17.3 Å². The van der Waals surface area contributed by atoms with Crippen molar-refractivity contribution in [3.8, 4) is 28.0 Å². The Morgan fingerprint density at radius 3 is 2.15 bits per heavy atom. The summed E-state index contributed by atoms with van der Waals surface area (Å²) in [6.07, 6.45) is -17.6. The maximum atomic E-state index is 15.5. The number of carboxylic acids is 1. The maximum absolute atomic E-state index is 15.5. The third kappa shape index (κ3) is 7.74. The van der Waals surface area contributed by atoms with E-state index in [1.807, 2.05) is 0 Å². The van der Waals surface area contributed by atoms with E-state index in [9.17, 15) is 54.2 Å². The Labute approximate surface area is 294 Å². The highest BCUT2D eigenvalue weighted by Gasteiger charge is 2.63. The number of hydrogen-bond donors (Lipinski definition) is 1. The summed E-state index contributed by atoms with van der Waals surface area (Å²) < 4.78 is 149. The van der Waals surface area contributed by atoms with Gasteiger partial charge < -0.3 is 14.6 Å². The van der Waals surface area contributed by atoms with Gasteiger partial charge in [0.2, 0.25) is 0 Å². The van der Waals surface area contributed by atoms with E-state index < -0.39 is 82.7 Å². The number of aromatic nitrogens is 1. The van der Waals surface area contributed by atoms with Crippen LogP contribution in [0.15, 0.2) is 77.9 Å². The molecular weight excluding hydrogens is 730 g/mol. The van der Waals surface area contributed by atoms with E-state index >= 15 is 4.39 Å². The summed E-state index contributed by atoms with van der Waals surface area (Å²) in [6.45, 7) is 4.80. The highest BCUT2D eigenvalue weighted by Crippen LogP contribution is 2.54. The van der Waals surface area contributed by atoms with Crippen molar-refractivity contribution >= 4 is 12.1 Å². The van der Waals surface area contributed by atoms with Crippen LogP contribution in [0, 0.1) is 12.7 Å². The predicted octanol–water partition coefficient (Wildman–Crippen LogP) is 10.00. The largest absolute Gasteiger partial charge is 0.496 e. The SMILES string of the molecule is C=C(/C=C(\C=C(/C)C(F)(F)F)C(F)(F)F)[C@H]1OC(=O)N(Cc2nc(C(F)(F)F)ccc2-c2cc(-c3ccc(C(=O)O)cc3C)c(F)cc2OC)C12CC2. The highest BCUT2D eigenvalue weighted by atomic mass is 19.4. The minimum absolute atomic E-state index is 0.0183. The van der Waals surface area contributed by atoms with Gasteiger partial charge in [0.25, 0.3) is 0 Å². The molecule has 2 fully saturated rings. The summed E-state index contributed by atoms with van der Waals surface area (Å²) in [4.78, 5) is 29.5. The third-order valence-corrected chi connectivity index (χ3v) is 8.97. The Balaban J connectivity index is 1.59. The van der Waals surface area contributed by atoms with Gasteiger partial charge in [-0.3, -0.25) is 4.90 Å². The molecule has 1 saturated heterocycles. The number of hydrogen-bond acceptors (Lipinski definition) is 5. The van der Waals surface area contributed by atoms with E-state index in [-0.39, 0.29) is 52.5 Å². The van der Waals surface area contributed by atoms with Gasteiger partial charge in [-0.25, -0.2) is 19.0 Å². The van der Waals surface area contributed by atoms with Crippen LogP contribution in [0.1, 0.15) is 47.1 Å². The molecule has 1 aliphatic carbocycles. The number of aromatic carboxylic acids is 1. The van der Waals surface area contributed by atoms with Crippen molar-refractivity contribution in [1.82, 2.24) is 9.88 Å². The molecule has 5 rings (SSSR count). The van der Waals surface area contributed by atoms with Crippen LogP contribution in [0.5, 0.6) is 5.75 Å². The van der Waals surface area contributed by atoms with Gasteiger partial charge in [0.05, 0.1) is 36.0 Å². The average molecular weight is 759 g/mol. The molecule has 0 bridgehead atoms. The molecule has 53 heavy (non-hydrogen) atoms.